The number of carbonyl (C=O) groups is 1. The molecule has 2 aromatic carbocycles. The highest BCUT2D eigenvalue weighted by molar-refractivity contribution is 7.98. The molecule has 0 aliphatic heterocycles. The standard InChI is InChI=1S/C24H26ClN3O4S3/c1-33-15-4-16-35(31,32)27-24(29)20-8-6-19(7-9-20)17-28(18-22-5-2-3-14-26-22)34(30)23-12-10-21(25)11-13-23/h2-3,5-14H,4,15-18H2,1H3,(H,27,29). The van der Waals surface area contributed by atoms with Gasteiger partial charge in [0.15, 0.2) is 0 Å². The summed E-state index contributed by atoms with van der Waals surface area (Å²) in [4.78, 5) is 17.4. The Morgan fingerprint density at radius 2 is 1.77 bits per heavy atom. The second kappa shape index (κ2) is 13.2. The number of thioether (sulfide) groups is 1. The van der Waals surface area contributed by atoms with Crippen LogP contribution in [-0.2, 0) is 34.1 Å². The predicted octanol–water partition coefficient (Wildman–Crippen LogP) is 4.27. The average molecular weight is 552 g/mol. The first-order chi connectivity index (χ1) is 16.8. The van der Waals surface area contributed by atoms with E-state index in [1.54, 1.807) is 70.8 Å². The van der Waals surface area contributed by atoms with Crippen LogP contribution in [-0.4, -0.2) is 45.6 Å². The van der Waals surface area contributed by atoms with Crippen LogP contribution in [0, 0.1) is 0 Å². The molecule has 0 saturated carbocycles. The van der Waals surface area contributed by atoms with Crippen LogP contribution >= 0.6 is 23.4 Å². The number of carbonyl (C=O) groups excluding carboxylic acids is 1. The van der Waals surface area contributed by atoms with E-state index in [9.17, 15) is 17.4 Å². The molecule has 1 amide bonds. The number of hydrogen-bond donors (Lipinski definition) is 1. The van der Waals surface area contributed by atoms with Crippen LogP contribution in [0.25, 0.3) is 0 Å². The molecule has 1 N–H and O–H groups in total. The first kappa shape index (κ1) is 27.3. The lowest BCUT2D eigenvalue weighted by Crippen LogP contribution is -2.32. The molecule has 1 heterocycles. The number of halogens is 1. The molecule has 0 aliphatic carbocycles. The summed E-state index contributed by atoms with van der Waals surface area (Å²) < 4.78 is 41.4. The van der Waals surface area contributed by atoms with Crippen molar-refractivity contribution >= 4 is 50.3 Å². The number of hydrogen-bond acceptors (Lipinski definition) is 6. The van der Waals surface area contributed by atoms with Gasteiger partial charge < -0.3 is 0 Å². The van der Waals surface area contributed by atoms with Gasteiger partial charge in [-0.1, -0.05) is 29.8 Å². The molecule has 0 fully saturated rings. The second-order valence-electron chi connectivity index (χ2n) is 7.62. The van der Waals surface area contributed by atoms with Gasteiger partial charge in [-0.2, -0.15) is 11.8 Å². The number of amides is 1. The fourth-order valence-electron chi connectivity index (χ4n) is 3.16. The van der Waals surface area contributed by atoms with Crippen molar-refractivity contribution in [3.63, 3.8) is 0 Å². The summed E-state index contributed by atoms with van der Waals surface area (Å²) >= 11 is 7.53. The SMILES string of the molecule is CSCCCS(=O)(=O)NC(=O)c1ccc(CN(Cc2ccccn2)S(=O)c2ccc(Cl)cc2)cc1. The lowest BCUT2D eigenvalue weighted by molar-refractivity contribution is 0.0981. The minimum Gasteiger partial charge on any atom is -0.268 e. The largest absolute Gasteiger partial charge is 0.268 e. The fourth-order valence-corrected chi connectivity index (χ4v) is 6.11. The van der Waals surface area contributed by atoms with Gasteiger partial charge >= 0.3 is 0 Å². The van der Waals surface area contributed by atoms with Gasteiger partial charge in [0.25, 0.3) is 5.91 Å². The molecule has 1 aromatic heterocycles. The third-order valence-electron chi connectivity index (χ3n) is 4.90. The zero-order chi connectivity index (χ0) is 25.3. The van der Waals surface area contributed by atoms with Crippen molar-refractivity contribution < 1.29 is 17.4 Å². The molecule has 1 unspecified atom stereocenters. The summed E-state index contributed by atoms with van der Waals surface area (Å²) in [5.74, 6) is -0.0666. The molecular weight excluding hydrogens is 526 g/mol. The van der Waals surface area contributed by atoms with Gasteiger partial charge in [-0.15, -0.1) is 0 Å². The number of aromatic nitrogens is 1. The summed E-state index contributed by atoms with van der Waals surface area (Å²) in [6.07, 6.45) is 4.05. The van der Waals surface area contributed by atoms with Crippen LogP contribution in [0.15, 0.2) is 77.8 Å². The van der Waals surface area contributed by atoms with Gasteiger partial charge in [0.1, 0.15) is 11.0 Å². The van der Waals surface area contributed by atoms with Crippen molar-refractivity contribution in [1.29, 1.82) is 0 Å². The Labute approximate surface area is 217 Å². The number of sulfonamides is 1. The lowest BCUT2D eigenvalue weighted by atomic mass is 10.1. The summed E-state index contributed by atoms with van der Waals surface area (Å²) in [7, 11) is -5.18. The number of nitrogens with one attached hydrogen (secondary N) is 1. The molecule has 0 spiro atoms. The molecule has 3 rings (SSSR count). The first-order valence-corrected chi connectivity index (χ1v) is 15.3. The molecular formula is C24H26ClN3O4S3. The molecule has 0 saturated heterocycles. The van der Waals surface area contributed by atoms with Crippen LogP contribution < -0.4 is 4.72 Å². The Hall–Kier alpha value is -2.24. The quantitative estimate of drug-likeness (QED) is 0.338. The molecule has 7 nitrogen and oxygen atoms in total. The van der Waals surface area contributed by atoms with Crippen LogP contribution in [0.2, 0.25) is 5.02 Å². The van der Waals surface area contributed by atoms with E-state index in [-0.39, 0.29) is 11.3 Å². The van der Waals surface area contributed by atoms with Gasteiger partial charge in [-0.05, 0) is 72.5 Å². The van der Waals surface area contributed by atoms with E-state index >= 15 is 0 Å². The molecule has 1 atom stereocenters. The maximum atomic E-state index is 13.3. The maximum absolute atomic E-state index is 13.3. The number of rotatable bonds is 12. The summed E-state index contributed by atoms with van der Waals surface area (Å²) in [5.41, 5.74) is 1.80. The van der Waals surface area contributed by atoms with E-state index in [2.05, 4.69) is 9.71 Å². The van der Waals surface area contributed by atoms with Gasteiger partial charge in [0, 0.05) is 23.3 Å². The Morgan fingerprint density at radius 3 is 2.40 bits per heavy atom. The minimum atomic E-state index is -3.69. The highest BCUT2D eigenvalue weighted by Gasteiger charge is 2.19. The van der Waals surface area contributed by atoms with Crippen molar-refractivity contribution in [2.45, 2.75) is 24.4 Å². The molecule has 186 valence electrons. The van der Waals surface area contributed by atoms with E-state index in [4.69, 9.17) is 11.6 Å². The Balaban J connectivity index is 1.73. The monoisotopic (exact) mass is 551 g/mol. The van der Waals surface area contributed by atoms with Gasteiger partial charge in [0.05, 0.1) is 22.9 Å². The van der Waals surface area contributed by atoms with Crippen molar-refractivity contribution in [3.8, 4) is 0 Å². The highest BCUT2D eigenvalue weighted by atomic mass is 35.5. The topological polar surface area (TPSA) is 96.4 Å². The Morgan fingerprint density at radius 1 is 1.06 bits per heavy atom. The predicted molar refractivity (Wildman–Crippen MR) is 142 cm³/mol. The van der Waals surface area contributed by atoms with Crippen molar-refractivity contribution in [1.82, 2.24) is 14.0 Å². The van der Waals surface area contributed by atoms with E-state index < -0.39 is 26.9 Å². The maximum Gasteiger partial charge on any atom is 0.264 e. The molecule has 3 aromatic rings. The lowest BCUT2D eigenvalue weighted by Gasteiger charge is -2.21. The highest BCUT2D eigenvalue weighted by Crippen LogP contribution is 2.19. The zero-order valence-corrected chi connectivity index (χ0v) is 22.3. The zero-order valence-electron chi connectivity index (χ0n) is 19.1. The number of nitrogens with zero attached hydrogens (tertiary/aromatic N) is 2. The van der Waals surface area contributed by atoms with E-state index in [0.717, 1.165) is 11.3 Å². The molecule has 35 heavy (non-hydrogen) atoms. The summed E-state index contributed by atoms with van der Waals surface area (Å²) in [6.45, 7) is 0.660. The van der Waals surface area contributed by atoms with Crippen LogP contribution in [0.4, 0.5) is 0 Å². The fraction of sp³-hybridized carbons (Fsp3) is 0.250. The van der Waals surface area contributed by atoms with Crippen molar-refractivity contribution in [3.05, 3.63) is 94.8 Å². The molecule has 11 heteroatoms. The molecule has 0 radical (unpaired) electrons. The van der Waals surface area contributed by atoms with Crippen LogP contribution in [0.3, 0.4) is 0 Å². The Kier molecular flexibility index (Phi) is 10.3. The van der Waals surface area contributed by atoms with E-state index in [1.165, 1.54) is 0 Å². The summed E-state index contributed by atoms with van der Waals surface area (Å²) in [6, 6.07) is 18.9. The van der Waals surface area contributed by atoms with E-state index in [0.29, 0.717) is 35.2 Å². The molecule has 0 bridgehead atoms. The van der Waals surface area contributed by atoms with Gasteiger partial charge in [-0.3, -0.25) is 9.78 Å². The average Bonchev–Trinajstić information content (AvgIpc) is 2.84. The Bertz CT molecular complexity index is 1240. The second-order valence-corrected chi connectivity index (χ2v) is 12.4. The van der Waals surface area contributed by atoms with Crippen molar-refractivity contribution in [2.75, 3.05) is 17.8 Å². The first-order valence-electron chi connectivity index (χ1n) is 10.7. The van der Waals surface area contributed by atoms with Gasteiger partial charge in [0.2, 0.25) is 10.0 Å². The van der Waals surface area contributed by atoms with Crippen molar-refractivity contribution in [2.24, 2.45) is 0 Å². The third kappa shape index (κ3) is 8.73. The molecule has 0 aliphatic rings. The minimum absolute atomic E-state index is 0.101. The normalized spacial score (nSPS) is 12.4. The van der Waals surface area contributed by atoms with Crippen LogP contribution in [0.1, 0.15) is 28.0 Å². The van der Waals surface area contributed by atoms with Crippen LogP contribution in [0.5, 0.6) is 0 Å². The smallest absolute Gasteiger partial charge is 0.264 e. The number of pyridine rings is 1. The van der Waals surface area contributed by atoms with E-state index in [1.807, 2.05) is 24.5 Å². The van der Waals surface area contributed by atoms with Gasteiger partial charge in [-0.25, -0.2) is 21.7 Å². The number of benzene rings is 2. The third-order valence-corrected chi connectivity index (χ3v) is 8.57. The summed E-state index contributed by atoms with van der Waals surface area (Å²) in [5, 5.41) is 0.558.